The zero-order valence-electron chi connectivity index (χ0n) is 17.5. The van der Waals surface area contributed by atoms with Crippen LogP contribution in [0.3, 0.4) is 0 Å². The molecule has 9 nitrogen and oxygen atoms in total. The molecule has 0 bridgehead atoms. The smallest absolute Gasteiger partial charge is 0.313 e. The number of nitrogens with zero attached hydrogens (tertiary/aromatic N) is 3. The van der Waals surface area contributed by atoms with Crippen molar-refractivity contribution < 1.29 is 14.1 Å². The number of amides is 2. The van der Waals surface area contributed by atoms with Gasteiger partial charge in [-0.1, -0.05) is 13.0 Å². The molecule has 0 radical (unpaired) electrons. The third kappa shape index (κ3) is 3.66. The normalized spacial score (nSPS) is 18.9. The third-order valence-electron chi connectivity index (χ3n) is 5.77. The van der Waals surface area contributed by atoms with Crippen LogP contribution < -0.4 is 10.9 Å². The number of aromatic nitrogens is 3. The number of benzene rings is 1. The van der Waals surface area contributed by atoms with Crippen LogP contribution in [0.25, 0.3) is 21.3 Å². The van der Waals surface area contributed by atoms with Crippen LogP contribution in [-0.2, 0) is 9.59 Å². The van der Waals surface area contributed by atoms with Crippen LogP contribution in [0.1, 0.15) is 36.4 Å². The van der Waals surface area contributed by atoms with E-state index in [4.69, 9.17) is 4.52 Å². The first-order valence-electron chi connectivity index (χ1n) is 10.4. The third-order valence-corrected chi connectivity index (χ3v) is 6.72. The minimum absolute atomic E-state index is 0.136. The molecular formula is C22H21N5O4S. The molecule has 2 atom stereocenters. The van der Waals surface area contributed by atoms with Gasteiger partial charge in [0.25, 0.3) is 11.3 Å². The Kier molecular flexibility index (Phi) is 5.01. The second kappa shape index (κ2) is 7.86. The van der Waals surface area contributed by atoms with Crippen LogP contribution in [0.5, 0.6) is 0 Å². The Labute approximate surface area is 186 Å². The average molecular weight is 452 g/mol. The largest absolute Gasteiger partial charge is 0.358 e. The molecule has 0 aliphatic carbocycles. The monoisotopic (exact) mass is 451 g/mol. The summed E-state index contributed by atoms with van der Waals surface area (Å²) in [5.74, 6) is -1.09. The molecule has 4 aromatic rings. The maximum absolute atomic E-state index is 13.2. The number of pyridine rings is 1. The lowest BCUT2D eigenvalue weighted by Gasteiger charge is -2.38. The molecule has 1 aromatic carbocycles. The van der Waals surface area contributed by atoms with Gasteiger partial charge in [-0.05, 0) is 49.4 Å². The molecule has 1 saturated heterocycles. The lowest BCUT2D eigenvalue weighted by atomic mass is 9.89. The molecule has 5 rings (SSSR count). The van der Waals surface area contributed by atoms with Crippen LogP contribution in [0.2, 0.25) is 0 Å². The molecule has 1 aliphatic rings. The van der Waals surface area contributed by atoms with Crippen molar-refractivity contribution >= 4 is 50.2 Å². The molecule has 1 aliphatic heterocycles. The highest BCUT2D eigenvalue weighted by Crippen LogP contribution is 2.35. The maximum atomic E-state index is 13.2. The van der Waals surface area contributed by atoms with Crippen molar-refractivity contribution in [1.82, 2.24) is 20.0 Å². The predicted octanol–water partition coefficient (Wildman–Crippen LogP) is 3.37. The van der Waals surface area contributed by atoms with Gasteiger partial charge in [-0.15, -0.1) is 11.3 Å². The van der Waals surface area contributed by atoms with Crippen LogP contribution >= 0.6 is 11.3 Å². The number of anilines is 1. The van der Waals surface area contributed by atoms with Crippen molar-refractivity contribution in [1.29, 1.82) is 0 Å². The number of fused-ring (bicyclic) bond motifs is 2. The Morgan fingerprint density at radius 2 is 2.12 bits per heavy atom. The molecule has 0 spiro atoms. The van der Waals surface area contributed by atoms with E-state index in [1.54, 1.807) is 16.2 Å². The van der Waals surface area contributed by atoms with E-state index >= 15 is 0 Å². The van der Waals surface area contributed by atoms with Crippen LogP contribution in [-0.4, -0.2) is 38.4 Å². The highest BCUT2D eigenvalue weighted by Gasteiger charge is 2.34. The fourth-order valence-corrected chi connectivity index (χ4v) is 5.03. The first kappa shape index (κ1) is 20.4. The number of rotatable bonds is 2. The van der Waals surface area contributed by atoms with E-state index < -0.39 is 17.4 Å². The molecule has 0 saturated carbocycles. The molecule has 3 aromatic heterocycles. The highest BCUT2D eigenvalue weighted by atomic mass is 32.1. The van der Waals surface area contributed by atoms with Gasteiger partial charge in [-0.25, -0.2) is 9.97 Å². The van der Waals surface area contributed by atoms with E-state index in [1.807, 2.05) is 25.1 Å². The number of thiazole rings is 1. The van der Waals surface area contributed by atoms with Crippen molar-refractivity contribution in [3.8, 4) is 0 Å². The summed E-state index contributed by atoms with van der Waals surface area (Å²) in [6.07, 6.45) is 3.08. The van der Waals surface area contributed by atoms with Gasteiger partial charge >= 0.3 is 11.8 Å². The summed E-state index contributed by atoms with van der Waals surface area (Å²) < 4.78 is 6.02. The number of hydrogen-bond acceptors (Lipinski definition) is 7. The highest BCUT2D eigenvalue weighted by molar-refractivity contribution is 7.18. The van der Waals surface area contributed by atoms with Gasteiger partial charge in [0.15, 0.2) is 0 Å². The number of aryl methyl sites for hydroxylation is 1. The van der Waals surface area contributed by atoms with E-state index in [-0.39, 0.29) is 28.7 Å². The van der Waals surface area contributed by atoms with Gasteiger partial charge < -0.3 is 14.7 Å². The van der Waals surface area contributed by atoms with Gasteiger partial charge in [0.1, 0.15) is 5.39 Å². The SMILES string of the molecule is Cc1nc2cc([C@H]3CC[C@H](C)CN3C(=O)C(=O)Nc3cnc4o[nH]c(=O)c4c3)ccc2s1. The number of likely N-dealkylation sites (tertiary alicyclic amines) is 1. The topological polar surface area (TPSA) is 121 Å². The van der Waals surface area contributed by atoms with Crippen molar-refractivity contribution in [2.75, 3.05) is 11.9 Å². The fourth-order valence-electron chi connectivity index (χ4n) is 4.22. The van der Waals surface area contributed by atoms with Gasteiger partial charge in [-0.3, -0.25) is 14.4 Å². The number of aromatic amines is 1. The van der Waals surface area contributed by atoms with Crippen molar-refractivity contribution in [3.63, 3.8) is 0 Å². The summed E-state index contributed by atoms with van der Waals surface area (Å²) in [7, 11) is 0. The molecule has 4 heterocycles. The summed E-state index contributed by atoms with van der Waals surface area (Å²) >= 11 is 1.63. The number of carbonyl (C=O) groups is 2. The quantitative estimate of drug-likeness (QED) is 0.451. The van der Waals surface area contributed by atoms with Gasteiger partial charge in [0.2, 0.25) is 0 Å². The molecule has 0 unspecified atom stereocenters. The predicted molar refractivity (Wildman–Crippen MR) is 120 cm³/mol. The van der Waals surface area contributed by atoms with Gasteiger partial charge in [0, 0.05) is 6.54 Å². The van der Waals surface area contributed by atoms with Crippen molar-refractivity contribution in [2.24, 2.45) is 5.92 Å². The number of piperidine rings is 1. The molecular weight excluding hydrogens is 430 g/mol. The van der Waals surface area contributed by atoms with Crippen LogP contribution in [0, 0.1) is 12.8 Å². The Bertz CT molecular complexity index is 1400. The van der Waals surface area contributed by atoms with Crippen molar-refractivity contribution in [2.45, 2.75) is 32.7 Å². The summed E-state index contributed by atoms with van der Waals surface area (Å²) in [6.45, 7) is 4.53. The molecule has 2 amide bonds. The van der Waals surface area contributed by atoms with E-state index in [1.165, 1.54) is 12.3 Å². The molecule has 10 heteroatoms. The Morgan fingerprint density at radius 3 is 2.97 bits per heavy atom. The first-order valence-corrected chi connectivity index (χ1v) is 11.2. The maximum Gasteiger partial charge on any atom is 0.313 e. The summed E-state index contributed by atoms with van der Waals surface area (Å²) in [4.78, 5) is 47.9. The van der Waals surface area contributed by atoms with Gasteiger partial charge in [0.05, 0.1) is 33.2 Å². The minimum atomic E-state index is -0.768. The van der Waals surface area contributed by atoms with E-state index in [0.717, 1.165) is 33.6 Å². The summed E-state index contributed by atoms with van der Waals surface area (Å²) in [5, 5.41) is 5.95. The Morgan fingerprint density at radius 1 is 1.28 bits per heavy atom. The molecule has 1 fully saturated rings. The van der Waals surface area contributed by atoms with E-state index in [9.17, 15) is 14.4 Å². The average Bonchev–Trinajstić information content (AvgIpc) is 3.34. The number of H-pyrrole nitrogens is 1. The van der Waals surface area contributed by atoms with Crippen molar-refractivity contribution in [3.05, 3.63) is 51.4 Å². The molecule has 2 N–H and O–H groups in total. The molecule has 32 heavy (non-hydrogen) atoms. The van der Waals surface area contributed by atoms with Crippen LogP contribution in [0.15, 0.2) is 39.8 Å². The zero-order chi connectivity index (χ0) is 22.4. The lowest BCUT2D eigenvalue weighted by molar-refractivity contribution is -0.146. The standard InChI is InChI=1S/C22H21N5O4S/c1-11-3-5-17(13-4-6-18-16(7-13)24-12(2)32-18)27(10-11)22(30)20(29)25-14-8-15-19(28)26-31-21(15)23-9-14/h4,6-9,11,17H,3,5,10H2,1-2H3,(H,25,29)(H,26,28)/t11-,17+/m0/s1. The Hall–Kier alpha value is -3.53. The minimum Gasteiger partial charge on any atom is -0.358 e. The van der Waals surface area contributed by atoms with Crippen LogP contribution in [0.4, 0.5) is 5.69 Å². The van der Waals surface area contributed by atoms with E-state index in [0.29, 0.717) is 6.54 Å². The number of carbonyl (C=O) groups excluding carboxylic acids is 2. The van der Waals surface area contributed by atoms with Gasteiger partial charge in [-0.2, -0.15) is 5.16 Å². The first-order chi connectivity index (χ1) is 15.4. The number of hydrogen-bond donors (Lipinski definition) is 2. The summed E-state index contributed by atoms with van der Waals surface area (Å²) in [5.41, 5.74) is 1.82. The fraction of sp³-hybridized carbons (Fsp3) is 0.318. The Balaban J connectivity index is 1.41. The second-order valence-corrected chi connectivity index (χ2v) is 9.41. The van der Waals surface area contributed by atoms with E-state index in [2.05, 4.69) is 27.4 Å². The summed E-state index contributed by atoms with van der Waals surface area (Å²) in [6, 6.07) is 7.29. The second-order valence-electron chi connectivity index (χ2n) is 8.18. The number of nitrogens with one attached hydrogen (secondary N) is 2. The lowest BCUT2D eigenvalue weighted by Crippen LogP contribution is -2.46. The molecule has 164 valence electrons. The zero-order valence-corrected chi connectivity index (χ0v) is 18.4.